The first-order valence-electron chi connectivity index (χ1n) is 4.25. The smallest absolute Gasteiger partial charge is 0.117 e. The highest BCUT2D eigenvalue weighted by Crippen LogP contribution is 2.26. The molecule has 3 heteroatoms. The molecule has 0 saturated heterocycles. The van der Waals surface area contributed by atoms with Gasteiger partial charge in [0.2, 0.25) is 0 Å². The molecule has 0 radical (unpaired) electrons. The van der Waals surface area contributed by atoms with Crippen molar-refractivity contribution in [2.24, 2.45) is 11.7 Å². The molecular weight excluding hydrogens is 186 g/mol. The minimum absolute atomic E-state index is 0.0791. The van der Waals surface area contributed by atoms with Crippen LogP contribution in [-0.2, 0) is 0 Å². The fraction of sp³-hybridized carbons (Fsp3) is 0.400. The van der Waals surface area contributed by atoms with Gasteiger partial charge in [-0.1, -0.05) is 25.4 Å². The Morgan fingerprint density at radius 1 is 1.31 bits per heavy atom. The Balaban J connectivity index is 3.01. The van der Waals surface area contributed by atoms with Gasteiger partial charge >= 0.3 is 0 Å². The molecule has 0 saturated carbocycles. The highest BCUT2D eigenvalue weighted by Gasteiger charge is 2.11. The number of hydrogen-bond donors (Lipinski definition) is 2. The molecule has 1 rings (SSSR count). The molecule has 0 spiro atoms. The largest absolute Gasteiger partial charge is 0.508 e. The normalized spacial score (nSPS) is 13.3. The van der Waals surface area contributed by atoms with Crippen molar-refractivity contribution >= 4 is 11.6 Å². The van der Waals surface area contributed by atoms with Crippen LogP contribution < -0.4 is 5.73 Å². The fourth-order valence-electron chi connectivity index (χ4n) is 1.17. The standard InChI is InChI=1S/C10H14ClNO/c1-6(2)10(12)7-3-8(11)5-9(13)4-7/h3-6,10,13H,12H2,1-2H3. The van der Waals surface area contributed by atoms with Crippen LogP contribution in [0, 0.1) is 5.92 Å². The number of nitrogens with two attached hydrogens (primary N) is 1. The molecule has 0 aliphatic carbocycles. The van der Waals surface area contributed by atoms with Gasteiger partial charge in [-0.3, -0.25) is 0 Å². The molecule has 1 aromatic rings. The predicted molar refractivity (Wildman–Crippen MR) is 54.9 cm³/mol. The summed E-state index contributed by atoms with van der Waals surface area (Å²) >= 11 is 5.78. The first-order valence-corrected chi connectivity index (χ1v) is 4.63. The summed E-state index contributed by atoms with van der Waals surface area (Å²) in [6.45, 7) is 4.06. The lowest BCUT2D eigenvalue weighted by atomic mass is 9.97. The fourth-order valence-corrected chi connectivity index (χ4v) is 1.41. The maximum absolute atomic E-state index is 9.28. The van der Waals surface area contributed by atoms with Crippen LogP contribution in [0.5, 0.6) is 5.75 Å². The van der Waals surface area contributed by atoms with Crippen molar-refractivity contribution < 1.29 is 5.11 Å². The molecule has 1 unspecified atom stereocenters. The average Bonchev–Trinajstić information content (AvgIpc) is 2.01. The summed E-state index contributed by atoms with van der Waals surface area (Å²) in [6.07, 6.45) is 0. The summed E-state index contributed by atoms with van der Waals surface area (Å²) in [5.41, 5.74) is 6.78. The highest BCUT2D eigenvalue weighted by molar-refractivity contribution is 6.30. The van der Waals surface area contributed by atoms with Gasteiger partial charge in [-0.25, -0.2) is 0 Å². The summed E-state index contributed by atoms with van der Waals surface area (Å²) in [7, 11) is 0. The van der Waals surface area contributed by atoms with Crippen molar-refractivity contribution in [3.8, 4) is 5.75 Å². The van der Waals surface area contributed by atoms with E-state index in [-0.39, 0.29) is 11.8 Å². The first kappa shape index (κ1) is 10.4. The molecule has 3 N–H and O–H groups in total. The van der Waals surface area contributed by atoms with E-state index in [1.54, 1.807) is 12.1 Å². The molecule has 1 aromatic carbocycles. The third-order valence-corrected chi connectivity index (χ3v) is 2.23. The predicted octanol–water partition coefficient (Wildman–Crippen LogP) is 2.70. The van der Waals surface area contributed by atoms with Gasteiger partial charge in [0, 0.05) is 11.1 Å². The topological polar surface area (TPSA) is 46.2 Å². The van der Waals surface area contributed by atoms with Crippen LogP contribution >= 0.6 is 11.6 Å². The number of hydrogen-bond acceptors (Lipinski definition) is 2. The molecular formula is C10H14ClNO. The van der Waals surface area contributed by atoms with E-state index in [0.717, 1.165) is 5.56 Å². The van der Waals surface area contributed by atoms with Crippen molar-refractivity contribution in [3.05, 3.63) is 28.8 Å². The van der Waals surface area contributed by atoms with Gasteiger partial charge in [0.15, 0.2) is 0 Å². The summed E-state index contributed by atoms with van der Waals surface area (Å²) in [4.78, 5) is 0. The van der Waals surface area contributed by atoms with E-state index in [9.17, 15) is 5.11 Å². The van der Waals surface area contributed by atoms with Gasteiger partial charge in [0.1, 0.15) is 5.75 Å². The highest BCUT2D eigenvalue weighted by atomic mass is 35.5. The summed E-state index contributed by atoms with van der Waals surface area (Å²) in [5.74, 6) is 0.497. The molecule has 0 amide bonds. The number of aromatic hydroxyl groups is 1. The van der Waals surface area contributed by atoms with E-state index in [1.165, 1.54) is 6.07 Å². The second kappa shape index (κ2) is 3.99. The zero-order valence-corrected chi connectivity index (χ0v) is 8.55. The number of benzene rings is 1. The van der Waals surface area contributed by atoms with Crippen LogP contribution in [0.25, 0.3) is 0 Å². The Bertz CT molecular complexity index is 279. The molecule has 2 nitrogen and oxygen atoms in total. The van der Waals surface area contributed by atoms with Gasteiger partial charge in [-0.15, -0.1) is 0 Å². The first-order chi connectivity index (χ1) is 6.00. The molecule has 0 aliphatic heterocycles. The van der Waals surface area contributed by atoms with E-state index in [1.807, 2.05) is 13.8 Å². The van der Waals surface area contributed by atoms with E-state index in [4.69, 9.17) is 17.3 Å². The zero-order chi connectivity index (χ0) is 10.0. The SMILES string of the molecule is CC(C)C(N)c1cc(O)cc(Cl)c1. The molecule has 0 aliphatic rings. The van der Waals surface area contributed by atoms with Crippen molar-refractivity contribution in [3.63, 3.8) is 0 Å². The third-order valence-electron chi connectivity index (χ3n) is 2.01. The van der Waals surface area contributed by atoms with Gasteiger partial charge in [0.25, 0.3) is 0 Å². The molecule has 72 valence electrons. The quantitative estimate of drug-likeness (QED) is 0.770. The lowest BCUT2D eigenvalue weighted by molar-refractivity contribution is 0.468. The molecule has 0 fully saturated rings. The van der Waals surface area contributed by atoms with Gasteiger partial charge in [-0.05, 0) is 29.7 Å². The minimum atomic E-state index is -0.0791. The van der Waals surface area contributed by atoms with Crippen LogP contribution in [0.1, 0.15) is 25.5 Å². The van der Waals surface area contributed by atoms with Gasteiger partial charge in [-0.2, -0.15) is 0 Å². The Morgan fingerprint density at radius 2 is 1.92 bits per heavy atom. The number of phenols is 1. The lowest BCUT2D eigenvalue weighted by Gasteiger charge is -2.16. The van der Waals surface area contributed by atoms with Crippen LogP contribution in [0.4, 0.5) is 0 Å². The van der Waals surface area contributed by atoms with Crippen molar-refractivity contribution in [1.29, 1.82) is 0 Å². The number of halogens is 1. The van der Waals surface area contributed by atoms with E-state index in [0.29, 0.717) is 10.9 Å². The Morgan fingerprint density at radius 3 is 2.38 bits per heavy atom. The minimum Gasteiger partial charge on any atom is -0.508 e. The van der Waals surface area contributed by atoms with Crippen molar-refractivity contribution in [2.75, 3.05) is 0 Å². The van der Waals surface area contributed by atoms with Crippen LogP contribution in [0.3, 0.4) is 0 Å². The molecule has 0 aromatic heterocycles. The van der Waals surface area contributed by atoms with Crippen LogP contribution in [-0.4, -0.2) is 5.11 Å². The van der Waals surface area contributed by atoms with Gasteiger partial charge < -0.3 is 10.8 Å². The van der Waals surface area contributed by atoms with Crippen molar-refractivity contribution in [2.45, 2.75) is 19.9 Å². The zero-order valence-electron chi connectivity index (χ0n) is 7.79. The molecule has 0 heterocycles. The van der Waals surface area contributed by atoms with Gasteiger partial charge in [0.05, 0.1) is 0 Å². The Labute approximate surface area is 83.3 Å². The number of rotatable bonds is 2. The molecule has 13 heavy (non-hydrogen) atoms. The molecule has 0 bridgehead atoms. The second-order valence-corrected chi connectivity index (χ2v) is 3.95. The summed E-state index contributed by atoms with van der Waals surface area (Å²) in [5, 5.41) is 9.80. The maximum Gasteiger partial charge on any atom is 0.117 e. The van der Waals surface area contributed by atoms with Crippen LogP contribution in [0.2, 0.25) is 5.02 Å². The summed E-state index contributed by atoms with van der Waals surface area (Å²) < 4.78 is 0. The van der Waals surface area contributed by atoms with Crippen molar-refractivity contribution in [1.82, 2.24) is 0 Å². The van der Waals surface area contributed by atoms with Crippen LogP contribution in [0.15, 0.2) is 18.2 Å². The maximum atomic E-state index is 9.28. The number of phenolic OH excluding ortho intramolecular Hbond substituents is 1. The second-order valence-electron chi connectivity index (χ2n) is 3.51. The monoisotopic (exact) mass is 199 g/mol. The molecule has 1 atom stereocenters. The third kappa shape index (κ3) is 2.61. The average molecular weight is 200 g/mol. The van der Waals surface area contributed by atoms with E-state index < -0.39 is 0 Å². The van der Waals surface area contributed by atoms with E-state index >= 15 is 0 Å². The Hall–Kier alpha value is -0.730. The lowest BCUT2D eigenvalue weighted by Crippen LogP contribution is -2.16. The van der Waals surface area contributed by atoms with E-state index in [2.05, 4.69) is 0 Å². The Kier molecular flexibility index (Phi) is 3.17. The summed E-state index contributed by atoms with van der Waals surface area (Å²) in [6, 6.07) is 4.85.